The fourth-order valence-corrected chi connectivity index (χ4v) is 1.80. The van der Waals surface area contributed by atoms with Crippen LogP contribution in [0.25, 0.3) is 0 Å². The highest BCUT2D eigenvalue weighted by Crippen LogP contribution is 2.19. The SMILES string of the molecule is CC1CCc2c(F)cccc2CN1. The molecule has 1 N–H and O–H groups in total. The Morgan fingerprint density at radius 3 is 3.15 bits per heavy atom. The number of nitrogens with one attached hydrogen (secondary N) is 1. The summed E-state index contributed by atoms with van der Waals surface area (Å²) in [5.74, 6) is -0.0478. The second-order valence-corrected chi connectivity index (χ2v) is 3.70. The van der Waals surface area contributed by atoms with Gasteiger partial charge in [0.2, 0.25) is 0 Å². The third kappa shape index (κ3) is 1.73. The van der Waals surface area contributed by atoms with E-state index in [0.29, 0.717) is 6.04 Å². The number of fused-ring (bicyclic) bond motifs is 1. The van der Waals surface area contributed by atoms with Crippen molar-refractivity contribution >= 4 is 0 Å². The molecular weight excluding hydrogens is 165 g/mol. The summed E-state index contributed by atoms with van der Waals surface area (Å²) in [4.78, 5) is 0. The highest BCUT2D eigenvalue weighted by atomic mass is 19.1. The minimum absolute atomic E-state index is 0.0478. The summed E-state index contributed by atoms with van der Waals surface area (Å²) in [7, 11) is 0. The van der Waals surface area contributed by atoms with Gasteiger partial charge in [0, 0.05) is 12.6 Å². The topological polar surface area (TPSA) is 12.0 Å². The Bertz CT molecular complexity index is 309. The minimum Gasteiger partial charge on any atom is -0.310 e. The van der Waals surface area contributed by atoms with E-state index in [9.17, 15) is 4.39 Å². The van der Waals surface area contributed by atoms with Gasteiger partial charge in [-0.3, -0.25) is 0 Å². The van der Waals surface area contributed by atoms with Crippen molar-refractivity contribution in [2.45, 2.75) is 32.4 Å². The summed E-state index contributed by atoms with van der Waals surface area (Å²) in [5.41, 5.74) is 2.02. The van der Waals surface area contributed by atoms with Crippen molar-refractivity contribution < 1.29 is 4.39 Å². The molecule has 0 spiro atoms. The van der Waals surface area contributed by atoms with Gasteiger partial charge < -0.3 is 5.32 Å². The summed E-state index contributed by atoms with van der Waals surface area (Å²) >= 11 is 0. The minimum atomic E-state index is -0.0478. The number of hydrogen-bond acceptors (Lipinski definition) is 1. The van der Waals surface area contributed by atoms with Crippen LogP contribution in [0.3, 0.4) is 0 Å². The third-order valence-corrected chi connectivity index (χ3v) is 2.68. The molecule has 1 atom stereocenters. The molecule has 0 radical (unpaired) electrons. The summed E-state index contributed by atoms with van der Waals surface area (Å²) in [6, 6.07) is 5.83. The fourth-order valence-electron chi connectivity index (χ4n) is 1.80. The summed E-state index contributed by atoms with van der Waals surface area (Å²) < 4.78 is 13.4. The molecule has 0 bridgehead atoms. The average Bonchev–Trinajstić information content (AvgIpc) is 2.30. The molecule has 70 valence electrons. The fraction of sp³-hybridized carbons (Fsp3) is 0.455. The first-order valence-corrected chi connectivity index (χ1v) is 4.77. The molecule has 1 aliphatic heterocycles. The molecule has 1 heterocycles. The lowest BCUT2D eigenvalue weighted by Gasteiger charge is -2.07. The maximum atomic E-state index is 13.4. The van der Waals surface area contributed by atoms with Gasteiger partial charge in [0.1, 0.15) is 5.82 Å². The molecule has 1 nitrogen and oxygen atoms in total. The largest absolute Gasteiger partial charge is 0.310 e. The van der Waals surface area contributed by atoms with E-state index in [1.807, 2.05) is 6.07 Å². The van der Waals surface area contributed by atoms with Crippen LogP contribution in [-0.4, -0.2) is 6.04 Å². The highest BCUT2D eigenvalue weighted by molar-refractivity contribution is 5.29. The van der Waals surface area contributed by atoms with Crippen molar-refractivity contribution in [1.29, 1.82) is 0 Å². The molecule has 0 aromatic heterocycles. The van der Waals surface area contributed by atoms with Gasteiger partial charge in [0.05, 0.1) is 0 Å². The van der Waals surface area contributed by atoms with Gasteiger partial charge in [-0.15, -0.1) is 0 Å². The van der Waals surface area contributed by atoms with E-state index in [4.69, 9.17) is 0 Å². The van der Waals surface area contributed by atoms with E-state index < -0.39 is 0 Å². The molecule has 0 saturated heterocycles. The van der Waals surface area contributed by atoms with Gasteiger partial charge in [-0.2, -0.15) is 0 Å². The van der Waals surface area contributed by atoms with Crippen LogP contribution in [0.5, 0.6) is 0 Å². The van der Waals surface area contributed by atoms with Crippen molar-refractivity contribution in [2.24, 2.45) is 0 Å². The molecule has 1 aromatic rings. The molecular formula is C11H14FN. The van der Waals surface area contributed by atoms with Crippen LogP contribution >= 0.6 is 0 Å². The molecule has 13 heavy (non-hydrogen) atoms. The zero-order valence-electron chi connectivity index (χ0n) is 7.81. The van der Waals surface area contributed by atoms with Gasteiger partial charge in [-0.25, -0.2) is 4.39 Å². The van der Waals surface area contributed by atoms with Crippen LogP contribution in [-0.2, 0) is 13.0 Å². The molecule has 1 unspecified atom stereocenters. The first-order valence-electron chi connectivity index (χ1n) is 4.77. The van der Waals surface area contributed by atoms with Crippen LogP contribution < -0.4 is 5.32 Å². The highest BCUT2D eigenvalue weighted by Gasteiger charge is 2.14. The number of hydrogen-bond donors (Lipinski definition) is 1. The Morgan fingerprint density at radius 2 is 2.31 bits per heavy atom. The lowest BCUT2D eigenvalue weighted by molar-refractivity contribution is 0.531. The average molecular weight is 179 g/mol. The van der Waals surface area contributed by atoms with E-state index in [0.717, 1.165) is 30.5 Å². The third-order valence-electron chi connectivity index (χ3n) is 2.68. The van der Waals surface area contributed by atoms with Crippen LogP contribution in [0, 0.1) is 5.82 Å². The maximum Gasteiger partial charge on any atom is 0.126 e. The van der Waals surface area contributed by atoms with Gasteiger partial charge in [-0.1, -0.05) is 12.1 Å². The van der Waals surface area contributed by atoms with Crippen LogP contribution in [0.15, 0.2) is 18.2 Å². The van der Waals surface area contributed by atoms with Crippen molar-refractivity contribution in [1.82, 2.24) is 5.32 Å². The van der Waals surface area contributed by atoms with Crippen molar-refractivity contribution in [2.75, 3.05) is 0 Å². The van der Waals surface area contributed by atoms with Gasteiger partial charge in [0.15, 0.2) is 0 Å². The summed E-state index contributed by atoms with van der Waals surface area (Å²) in [6.07, 6.45) is 1.88. The van der Waals surface area contributed by atoms with Gasteiger partial charge in [-0.05, 0) is 37.0 Å². The van der Waals surface area contributed by atoms with Crippen LogP contribution in [0.4, 0.5) is 4.39 Å². The van der Waals surface area contributed by atoms with Crippen molar-refractivity contribution in [3.63, 3.8) is 0 Å². The first kappa shape index (κ1) is 8.70. The van der Waals surface area contributed by atoms with E-state index in [2.05, 4.69) is 12.2 Å². The Hall–Kier alpha value is -0.890. The quantitative estimate of drug-likeness (QED) is 0.644. The van der Waals surface area contributed by atoms with E-state index >= 15 is 0 Å². The standard InChI is InChI=1S/C11H14FN/c1-8-5-6-10-9(7-13-8)3-2-4-11(10)12/h2-4,8,13H,5-7H2,1H3. The predicted molar refractivity (Wildman–Crippen MR) is 51.0 cm³/mol. The monoisotopic (exact) mass is 179 g/mol. The molecule has 0 amide bonds. The van der Waals surface area contributed by atoms with E-state index in [1.165, 1.54) is 0 Å². The van der Waals surface area contributed by atoms with Crippen molar-refractivity contribution in [3.8, 4) is 0 Å². The molecule has 2 rings (SSSR count). The first-order chi connectivity index (χ1) is 6.27. The summed E-state index contributed by atoms with van der Waals surface area (Å²) in [5, 5.41) is 3.36. The molecule has 0 aliphatic carbocycles. The molecule has 2 heteroatoms. The number of halogens is 1. The normalized spacial score (nSPS) is 22.2. The van der Waals surface area contributed by atoms with Crippen molar-refractivity contribution in [3.05, 3.63) is 35.1 Å². The van der Waals surface area contributed by atoms with E-state index in [1.54, 1.807) is 12.1 Å². The van der Waals surface area contributed by atoms with Gasteiger partial charge >= 0.3 is 0 Å². The Morgan fingerprint density at radius 1 is 1.46 bits per heavy atom. The van der Waals surface area contributed by atoms with Crippen LogP contribution in [0.1, 0.15) is 24.5 Å². The second-order valence-electron chi connectivity index (χ2n) is 3.70. The number of benzene rings is 1. The Labute approximate surface area is 78.0 Å². The molecule has 0 fully saturated rings. The lowest BCUT2D eigenvalue weighted by Crippen LogP contribution is -2.23. The second kappa shape index (κ2) is 3.46. The van der Waals surface area contributed by atoms with E-state index in [-0.39, 0.29) is 5.82 Å². The zero-order valence-corrected chi connectivity index (χ0v) is 7.81. The smallest absolute Gasteiger partial charge is 0.126 e. The predicted octanol–water partition coefficient (Wildman–Crippen LogP) is 2.25. The Balaban J connectivity index is 2.35. The Kier molecular flexibility index (Phi) is 2.32. The zero-order chi connectivity index (χ0) is 9.26. The molecule has 1 aromatic carbocycles. The maximum absolute atomic E-state index is 13.4. The summed E-state index contributed by atoms with van der Waals surface area (Å²) in [6.45, 7) is 2.94. The molecule has 0 saturated carbocycles. The number of rotatable bonds is 0. The molecule has 1 aliphatic rings. The van der Waals surface area contributed by atoms with Gasteiger partial charge in [0.25, 0.3) is 0 Å². The lowest BCUT2D eigenvalue weighted by atomic mass is 10.0. The van der Waals surface area contributed by atoms with Crippen LogP contribution in [0.2, 0.25) is 0 Å².